The normalized spacial score (nSPS) is 34.0. The van der Waals surface area contributed by atoms with Crippen LogP contribution in [0, 0.1) is 17.8 Å². The van der Waals surface area contributed by atoms with Gasteiger partial charge in [-0.1, -0.05) is 29.3 Å². The van der Waals surface area contributed by atoms with E-state index in [1.165, 1.54) is 19.3 Å². The van der Waals surface area contributed by atoms with Crippen LogP contribution in [0.4, 0.5) is 0 Å². The van der Waals surface area contributed by atoms with Gasteiger partial charge in [0.1, 0.15) is 0 Å². The third-order valence-corrected chi connectivity index (χ3v) is 5.38. The predicted molar refractivity (Wildman–Crippen MR) is 69.6 cm³/mol. The summed E-state index contributed by atoms with van der Waals surface area (Å²) in [6.07, 6.45) is 7.30. The van der Waals surface area contributed by atoms with Gasteiger partial charge in [-0.25, -0.2) is 0 Å². The van der Waals surface area contributed by atoms with Crippen molar-refractivity contribution in [2.75, 3.05) is 6.54 Å². The van der Waals surface area contributed by atoms with Crippen LogP contribution in [0.2, 0.25) is 0 Å². The summed E-state index contributed by atoms with van der Waals surface area (Å²) < 4.78 is 0. The highest BCUT2D eigenvalue weighted by molar-refractivity contribution is 9.09. The fraction of sp³-hybridized carbons (Fsp3) is 0.923. The molecule has 0 aromatic heterocycles. The average molecular weight is 288 g/mol. The number of fused-ring (bicyclic) bond motifs is 2. The molecule has 3 heteroatoms. The van der Waals surface area contributed by atoms with Crippen molar-refractivity contribution >= 4 is 21.8 Å². The van der Waals surface area contributed by atoms with Gasteiger partial charge in [-0.05, 0) is 43.9 Å². The summed E-state index contributed by atoms with van der Waals surface area (Å²) >= 11 is 3.59. The van der Waals surface area contributed by atoms with Gasteiger partial charge < -0.3 is 5.32 Å². The van der Waals surface area contributed by atoms with Gasteiger partial charge in [0.25, 0.3) is 0 Å². The van der Waals surface area contributed by atoms with Crippen molar-refractivity contribution in [2.24, 2.45) is 17.8 Å². The molecule has 0 radical (unpaired) electrons. The third kappa shape index (κ3) is 2.79. The van der Waals surface area contributed by atoms with Crippen LogP contribution in [-0.4, -0.2) is 17.3 Å². The molecular formula is C13H22BrNO. The van der Waals surface area contributed by atoms with Crippen molar-refractivity contribution in [3.63, 3.8) is 0 Å². The summed E-state index contributed by atoms with van der Waals surface area (Å²) in [5, 5.41) is 3.11. The molecule has 4 atom stereocenters. The van der Waals surface area contributed by atoms with E-state index >= 15 is 0 Å². The number of hydrogen-bond acceptors (Lipinski definition) is 1. The first-order chi connectivity index (χ1) is 7.70. The van der Waals surface area contributed by atoms with Crippen molar-refractivity contribution in [1.82, 2.24) is 5.32 Å². The maximum Gasteiger partial charge on any atom is 0.223 e. The van der Waals surface area contributed by atoms with E-state index < -0.39 is 0 Å². The Balaban J connectivity index is 1.68. The number of hydrogen-bond donors (Lipinski definition) is 1. The molecule has 2 fully saturated rings. The molecule has 92 valence electrons. The summed E-state index contributed by atoms with van der Waals surface area (Å²) in [5.41, 5.74) is 0. The summed E-state index contributed by atoms with van der Waals surface area (Å²) in [6.45, 7) is 2.99. The largest absolute Gasteiger partial charge is 0.356 e. The molecule has 0 heterocycles. The number of halogens is 1. The predicted octanol–water partition coefficient (Wildman–Crippen LogP) is 3.10. The van der Waals surface area contributed by atoms with Gasteiger partial charge in [-0.2, -0.15) is 0 Å². The van der Waals surface area contributed by atoms with Crippen LogP contribution in [0.15, 0.2) is 0 Å². The fourth-order valence-electron chi connectivity index (χ4n) is 3.25. The first kappa shape index (κ1) is 12.4. The molecule has 0 aromatic carbocycles. The van der Waals surface area contributed by atoms with Gasteiger partial charge in [-0.3, -0.25) is 4.79 Å². The topological polar surface area (TPSA) is 29.1 Å². The SMILES string of the molecule is CCC(Br)CCNC(=O)C1CC2CCC1C2. The van der Waals surface area contributed by atoms with E-state index in [0.29, 0.717) is 22.6 Å². The summed E-state index contributed by atoms with van der Waals surface area (Å²) in [6, 6.07) is 0. The molecule has 2 rings (SSSR count). The minimum atomic E-state index is 0.322. The number of rotatable bonds is 5. The first-order valence-electron chi connectivity index (χ1n) is 6.62. The monoisotopic (exact) mass is 287 g/mol. The van der Waals surface area contributed by atoms with E-state index in [9.17, 15) is 4.79 Å². The standard InChI is InChI=1S/C13H22BrNO/c1-2-11(14)5-6-15-13(16)12-8-9-3-4-10(12)7-9/h9-12H,2-8H2,1H3,(H,15,16). The van der Waals surface area contributed by atoms with Gasteiger partial charge in [0, 0.05) is 17.3 Å². The molecule has 2 nitrogen and oxygen atoms in total. The zero-order valence-corrected chi connectivity index (χ0v) is 11.6. The highest BCUT2D eigenvalue weighted by atomic mass is 79.9. The van der Waals surface area contributed by atoms with Crippen LogP contribution in [0.25, 0.3) is 0 Å². The minimum Gasteiger partial charge on any atom is -0.356 e. The minimum absolute atomic E-state index is 0.322. The quantitative estimate of drug-likeness (QED) is 0.774. The molecule has 2 bridgehead atoms. The molecule has 1 N–H and O–H groups in total. The summed E-state index contributed by atoms with van der Waals surface area (Å²) in [7, 11) is 0. The lowest BCUT2D eigenvalue weighted by atomic mass is 9.88. The summed E-state index contributed by atoms with van der Waals surface area (Å²) in [4.78, 5) is 12.5. The number of carbonyl (C=O) groups excluding carboxylic acids is 1. The second-order valence-corrected chi connectivity index (χ2v) is 6.66. The lowest BCUT2D eigenvalue weighted by Gasteiger charge is -2.21. The van der Waals surface area contributed by atoms with Gasteiger partial charge in [0.05, 0.1) is 0 Å². The maximum absolute atomic E-state index is 12.0. The lowest BCUT2D eigenvalue weighted by Crippen LogP contribution is -2.34. The van der Waals surface area contributed by atoms with Crippen LogP contribution in [-0.2, 0) is 4.79 Å². The highest BCUT2D eigenvalue weighted by Gasteiger charge is 2.42. The fourth-order valence-corrected chi connectivity index (χ4v) is 3.48. The number of amides is 1. The Bertz CT molecular complexity index is 256. The Labute approximate surface area is 107 Å². The first-order valence-corrected chi connectivity index (χ1v) is 7.54. The maximum atomic E-state index is 12.0. The van der Waals surface area contributed by atoms with Gasteiger partial charge in [0.2, 0.25) is 5.91 Å². The molecule has 2 aliphatic rings. The number of alkyl halides is 1. The second-order valence-electron chi connectivity index (χ2n) is 5.37. The van der Waals surface area contributed by atoms with E-state index in [1.807, 2.05) is 0 Å². The van der Waals surface area contributed by atoms with E-state index in [0.717, 1.165) is 31.7 Å². The molecule has 1 amide bonds. The Hall–Kier alpha value is -0.0500. The van der Waals surface area contributed by atoms with Crippen LogP contribution >= 0.6 is 15.9 Å². The van der Waals surface area contributed by atoms with Gasteiger partial charge >= 0.3 is 0 Å². The molecule has 4 unspecified atom stereocenters. The molecule has 16 heavy (non-hydrogen) atoms. The van der Waals surface area contributed by atoms with Gasteiger partial charge in [-0.15, -0.1) is 0 Å². The number of nitrogens with one attached hydrogen (secondary N) is 1. The Morgan fingerprint density at radius 2 is 2.25 bits per heavy atom. The molecular weight excluding hydrogens is 266 g/mol. The zero-order valence-electron chi connectivity index (χ0n) is 10.0. The molecule has 0 saturated heterocycles. The zero-order chi connectivity index (χ0) is 11.5. The smallest absolute Gasteiger partial charge is 0.223 e. The Kier molecular flexibility index (Phi) is 4.28. The molecule has 0 spiro atoms. The van der Waals surface area contributed by atoms with Crippen molar-refractivity contribution in [2.45, 2.75) is 50.3 Å². The van der Waals surface area contributed by atoms with Crippen LogP contribution in [0.1, 0.15) is 45.4 Å². The highest BCUT2D eigenvalue weighted by Crippen LogP contribution is 2.48. The number of carbonyl (C=O) groups is 1. The average Bonchev–Trinajstić information content (AvgIpc) is 2.90. The second kappa shape index (κ2) is 5.52. The van der Waals surface area contributed by atoms with Crippen molar-refractivity contribution in [3.05, 3.63) is 0 Å². The summed E-state index contributed by atoms with van der Waals surface area (Å²) in [5.74, 6) is 2.23. The van der Waals surface area contributed by atoms with Crippen molar-refractivity contribution in [3.8, 4) is 0 Å². The van der Waals surface area contributed by atoms with Crippen molar-refractivity contribution in [1.29, 1.82) is 0 Å². The van der Waals surface area contributed by atoms with E-state index in [4.69, 9.17) is 0 Å². The molecule has 2 aliphatic carbocycles. The molecule has 0 aromatic rings. The van der Waals surface area contributed by atoms with Gasteiger partial charge in [0.15, 0.2) is 0 Å². The van der Waals surface area contributed by atoms with Crippen molar-refractivity contribution < 1.29 is 4.79 Å². The third-order valence-electron chi connectivity index (χ3n) is 4.27. The molecule has 0 aliphatic heterocycles. The lowest BCUT2D eigenvalue weighted by molar-refractivity contribution is -0.126. The Morgan fingerprint density at radius 1 is 1.44 bits per heavy atom. The van der Waals surface area contributed by atoms with E-state index in [-0.39, 0.29) is 0 Å². The molecule has 2 saturated carbocycles. The van der Waals surface area contributed by atoms with Crippen LogP contribution in [0.5, 0.6) is 0 Å². The van der Waals surface area contributed by atoms with Crippen LogP contribution < -0.4 is 5.32 Å². The van der Waals surface area contributed by atoms with E-state index in [1.54, 1.807) is 0 Å². The van der Waals surface area contributed by atoms with E-state index in [2.05, 4.69) is 28.2 Å². The Morgan fingerprint density at radius 3 is 2.81 bits per heavy atom. The van der Waals surface area contributed by atoms with Crippen LogP contribution in [0.3, 0.4) is 0 Å².